The van der Waals surface area contributed by atoms with E-state index in [0.29, 0.717) is 0 Å². The van der Waals surface area contributed by atoms with Crippen LogP contribution in [0.4, 0.5) is 0 Å². The fourth-order valence-electron chi connectivity index (χ4n) is 0.841. The van der Waals surface area contributed by atoms with E-state index in [4.69, 9.17) is 5.11 Å². The third-order valence-corrected chi connectivity index (χ3v) is 4.31. The number of hydrogen-bond donors (Lipinski definition) is 2. The lowest BCUT2D eigenvalue weighted by molar-refractivity contribution is 0.0696. The fraction of sp³-hybridized carbons (Fsp3) is 0. The number of nitrogens with one attached hydrogen (secondary N) is 1. The Kier molecular flexibility index (Phi) is 3.45. The number of sulfonamides is 1. The zero-order chi connectivity index (χ0) is 10.8. The zero-order valence-corrected chi connectivity index (χ0v) is 9.74. The Hall–Kier alpha value is -0.670. The van der Waals surface area contributed by atoms with Gasteiger partial charge in [0.15, 0.2) is 0 Å². The first-order valence-corrected chi connectivity index (χ1v) is 5.99. The van der Waals surface area contributed by atoms with Gasteiger partial charge in [0.1, 0.15) is 0 Å². The summed E-state index contributed by atoms with van der Waals surface area (Å²) >= 11 is 1.48. The second-order valence-electron chi connectivity index (χ2n) is 2.41. The van der Waals surface area contributed by atoms with E-state index in [1.807, 2.05) is 0 Å². The number of carboxylic acid groups (broad SMARTS) is 1. The van der Waals surface area contributed by atoms with Crippen LogP contribution < -0.4 is 2.94 Å². The van der Waals surface area contributed by atoms with Crippen LogP contribution in [0.25, 0.3) is 0 Å². The molecule has 0 spiro atoms. The van der Waals surface area contributed by atoms with Crippen LogP contribution >= 0.6 is 22.9 Å². The Morgan fingerprint density at radius 1 is 1.43 bits per heavy atom. The summed E-state index contributed by atoms with van der Waals surface area (Å²) in [5.74, 6) is -1.16. The molecular formula is C7H6INO4S. The molecule has 7 heteroatoms. The van der Waals surface area contributed by atoms with Gasteiger partial charge in [-0.25, -0.2) is 13.2 Å². The van der Waals surface area contributed by atoms with Gasteiger partial charge in [-0.1, -0.05) is 6.07 Å². The predicted octanol–water partition coefficient (Wildman–Crippen LogP) is 1.01. The van der Waals surface area contributed by atoms with Gasteiger partial charge in [0.25, 0.3) is 0 Å². The maximum Gasteiger partial charge on any atom is 0.335 e. The van der Waals surface area contributed by atoms with Crippen molar-refractivity contribution >= 4 is 38.9 Å². The van der Waals surface area contributed by atoms with Gasteiger partial charge in [-0.15, -0.1) is 0 Å². The molecular weight excluding hydrogens is 321 g/mol. The van der Waals surface area contributed by atoms with Crippen molar-refractivity contribution in [2.75, 3.05) is 0 Å². The SMILES string of the molecule is O=C(O)c1cccc(S(=O)(=O)NI)c1. The molecule has 0 saturated heterocycles. The lowest BCUT2D eigenvalue weighted by Crippen LogP contribution is -2.13. The van der Waals surface area contributed by atoms with E-state index in [1.165, 1.54) is 41.1 Å². The summed E-state index contributed by atoms with van der Waals surface area (Å²) in [5, 5.41) is 8.63. The third kappa shape index (κ3) is 2.42. The van der Waals surface area contributed by atoms with Crippen LogP contribution in [0.3, 0.4) is 0 Å². The van der Waals surface area contributed by atoms with Crippen molar-refractivity contribution in [3.63, 3.8) is 0 Å². The van der Waals surface area contributed by atoms with Crippen molar-refractivity contribution in [3.05, 3.63) is 29.8 Å². The van der Waals surface area contributed by atoms with Crippen LogP contribution in [0.5, 0.6) is 0 Å². The molecule has 0 aliphatic carbocycles. The molecule has 0 aromatic heterocycles. The van der Waals surface area contributed by atoms with E-state index in [1.54, 1.807) is 0 Å². The molecule has 0 bridgehead atoms. The summed E-state index contributed by atoms with van der Waals surface area (Å²) in [6.45, 7) is 0. The molecule has 5 nitrogen and oxygen atoms in total. The van der Waals surface area contributed by atoms with Crippen molar-refractivity contribution < 1.29 is 18.3 Å². The van der Waals surface area contributed by atoms with Gasteiger partial charge in [0.2, 0.25) is 10.0 Å². The van der Waals surface area contributed by atoms with E-state index < -0.39 is 16.0 Å². The molecule has 0 heterocycles. The summed E-state index contributed by atoms with van der Waals surface area (Å²) in [4.78, 5) is 10.5. The highest BCUT2D eigenvalue weighted by Crippen LogP contribution is 2.12. The van der Waals surface area contributed by atoms with Crippen LogP contribution in [-0.2, 0) is 10.0 Å². The van der Waals surface area contributed by atoms with E-state index in [0.717, 1.165) is 6.07 Å². The van der Waals surface area contributed by atoms with Crippen LogP contribution in [-0.4, -0.2) is 19.5 Å². The number of halogens is 1. The number of carbonyl (C=O) groups is 1. The molecule has 0 saturated carbocycles. The number of benzene rings is 1. The largest absolute Gasteiger partial charge is 0.478 e. The summed E-state index contributed by atoms with van der Waals surface area (Å²) in [7, 11) is -3.58. The lowest BCUT2D eigenvalue weighted by Gasteiger charge is -2.01. The van der Waals surface area contributed by atoms with Gasteiger partial charge in [-0.3, -0.25) is 0 Å². The molecule has 0 atom stereocenters. The van der Waals surface area contributed by atoms with Crippen molar-refractivity contribution in [1.29, 1.82) is 0 Å². The molecule has 1 rings (SSSR count). The maximum atomic E-state index is 11.3. The highest BCUT2D eigenvalue weighted by molar-refractivity contribution is 14.1. The molecule has 0 unspecified atom stereocenters. The Balaban J connectivity index is 3.26. The molecule has 2 N–H and O–H groups in total. The lowest BCUT2D eigenvalue weighted by atomic mass is 10.2. The van der Waals surface area contributed by atoms with E-state index >= 15 is 0 Å². The topological polar surface area (TPSA) is 83.5 Å². The number of carboxylic acids is 1. The normalized spacial score (nSPS) is 11.2. The Labute approximate surface area is 94.7 Å². The highest BCUT2D eigenvalue weighted by Gasteiger charge is 2.13. The summed E-state index contributed by atoms with van der Waals surface area (Å²) in [5.41, 5.74) is -0.0577. The second-order valence-corrected chi connectivity index (χ2v) is 5.37. The molecule has 0 aliphatic heterocycles. The zero-order valence-electron chi connectivity index (χ0n) is 6.77. The number of aromatic carboxylic acids is 1. The molecule has 0 aliphatic rings. The molecule has 0 radical (unpaired) electrons. The van der Waals surface area contributed by atoms with Gasteiger partial charge >= 0.3 is 5.97 Å². The Bertz CT molecular complexity index is 457. The van der Waals surface area contributed by atoms with E-state index in [-0.39, 0.29) is 10.5 Å². The van der Waals surface area contributed by atoms with Crippen molar-refractivity contribution in [3.8, 4) is 0 Å². The quantitative estimate of drug-likeness (QED) is 0.641. The average molecular weight is 327 g/mol. The minimum atomic E-state index is -3.58. The van der Waals surface area contributed by atoms with Gasteiger partial charge < -0.3 is 5.11 Å². The van der Waals surface area contributed by atoms with Gasteiger partial charge in [0.05, 0.1) is 10.5 Å². The predicted molar refractivity (Wildman–Crippen MR) is 57.7 cm³/mol. The summed E-state index contributed by atoms with van der Waals surface area (Å²) in [6.07, 6.45) is 0. The Morgan fingerprint density at radius 2 is 2.07 bits per heavy atom. The molecule has 0 fully saturated rings. The molecule has 14 heavy (non-hydrogen) atoms. The van der Waals surface area contributed by atoms with Crippen LogP contribution in [0.1, 0.15) is 10.4 Å². The van der Waals surface area contributed by atoms with E-state index in [9.17, 15) is 13.2 Å². The Morgan fingerprint density at radius 3 is 2.57 bits per heavy atom. The minimum Gasteiger partial charge on any atom is -0.478 e. The first-order valence-electron chi connectivity index (χ1n) is 3.43. The first-order chi connectivity index (χ1) is 6.47. The molecule has 0 amide bonds. The van der Waals surface area contributed by atoms with Crippen LogP contribution in [0, 0.1) is 0 Å². The summed E-state index contributed by atoms with van der Waals surface area (Å²) < 4.78 is 24.6. The average Bonchev–Trinajstić information content (AvgIpc) is 2.18. The van der Waals surface area contributed by atoms with Crippen molar-refractivity contribution in [2.45, 2.75) is 4.90 Å². The minimum absolute atomic E-state index is 0.0577. The molecule has 76 valence electrons. The smallest absolute Gasteiger partial charge is 0.335 e. The standard InChI is InChI=1S/C7H6INO4S/c8-9-14(12,13)6-3-1-2-5(4-6)7(10)11/h1-4,9H,(H,10,11). The van der Waals surface area contributed by atoms with Crippen molar-refractivity contribution in [1.82, 2.24) is 2.94 Å². The number of hydrogen-bond acceptors (Lipinski definition) is 3. The molecule has 1 aromatic rings. The summed E-state index contributed by atoms with van der Waals surface area (Å²) in [6, 6.07) is 5.13. The highest BCUT2D eigenvalue weighted by atomic mass is 127. The third-order valence-electron chi connectivity index (χ3n) is 1.49. The van der Waals surface area contributed by atoms with E-state index in [2.05, 4.69) is 2.94 Å². The van der Waals surface area contributed by atoms with Crippen LogP contribution in [0.2, 0.25) is 0 Å². The van der Waals surface area contributed by atoms with Gasteiger partial charge in [-0.05, 0) is 18.2 Å². The fourth-order valence-corrected chi connectivity index (χ4v) is 2.23. The van der Waals surface area contributed by atoms with Gasteiger partial charge in [0, 0.05) is 22.9 Å². The first kappa shape index (κ1) is 11.4. The molecule has 1 aromatic carbocycles. The second kappa shape index (κ2) is 4.24. The monoisotopic (exact) mass is 327 g/mol. The number of rotatable bonds is 3. The van der Waals surface area contributed by atoms with Crippen molar-refractivity contribution in [2.24, 2.45) is 0 Å². The maximum absolute atomic E-state index is 11.3. The van der Waals surface area contributed by atoms with Gasteiger partial charge in [-0.2, -0.15) is 2.94 Å². The van der Waals surface area contributed by atoms with Crippen LogP contribution in [0.15, 0.2) is 29.2 Å².